The number of nitrogens with zero attached hydrogens (tertiary/aromatic N) is 1. The van der Waals surface area contributed by atoms with E-state index < -0.39 is 17.4 Å². The molecular formula is C14H24N2O4. The van der Waals surface area contributed by atoms with Crippen molar-refractivity contribution in [1.82, 2.24) is 10.2 Å². The third-order valence-electron chi connectivity index (χ3n) is 4.54. The minimum Gasteiger partial charge on any atom is -0.480 e. The molecule has 6 heteroatoms. The van der Waals surface area contributed by atoms with E-state index in [2.05, 4.69) is 5.32 Å². The van der Waals surface area contributed by atoms with E-state index in [0.717, 1.165) is 25.9 Å². The molecule has 2 unspecified atom stereocenters. The Morgan fingerprint density at radius 3 is 2.75 bits per heavy atom. The topological polar surface area (TPSA) is 78.9 Å². The second-order valence-corrected chi connectivity index (χ2v) is 6.19. The van der Waals surface area contributed by atoms with Crippen LogP contribution in [0.1, 0.15) is 26.7 Å². The predicted octanol–water partition coefficient (Wildman–Crippen LogP) is 0.324. The summed E-state index contributed by atoms with van der Waals surface area (Å²) in [4.78, 5) is 25.6. The Bertz CT molecular complexity index is 377. The van der Waals surface area contributed by atoms with Gasteiger partial charge in [-0.3, -0.25) is 4.79 Å². The summed E-state index contributed by atoms with van der Waals surface area (Å²) in [5.41, 5.74) is -0.543. The number of carboxylic acid groups (broad SMARTS) is 1. The first-order chi connectivity index (χ1) is 9.44. The van der Waals surface area contributed by atoms with Crippen molar-refractivity contribution in [3.05, 3.63) is 0 Å². The first-order valence-corrected chi connectivity index (χ1v) is 7.27. The smallest absolute Gasteiger partial charge is 0.328 e. The van der Waals surface area contributed by atoms with Crippen LogP contribution in [0.4, 0.5) is 0 Å². The molecule has 0 aliphatic carbocycles. The molecule has 114 valence electrons. The summed E-state index contributed by atoms with van der Waals surface area (Å²) in [5.74, 6) is -0.807. The molecule has 1 amide bonds. The van der Waals surface area contributed by atoms with Crippen LogP contribution in [0.2, 0.25) is 0 Å². The van der Waals surface area contributed by atoms with Crippen molar-refractivity contribution < 1.29 is 19.4 Å². The quantitative estimate of drug-likeness (QED) is 0.780. The largest absolute Gasteiger partial charge is 0.480 e. The lowest BCUT2D eigenvalue weighted by Gasteiger charge is -2.42. The maximum atomic E-state index is 12.8. The molecule has 0 bridgehead atoms. The highest BCUT2D eigenvalue weighted by Crippen LogP contribution is 2.34. The van der Waals surface area contributed by atoms with Crippen LogP contribution in [0.3, 0.4) is 0 Å². The maximum absolute atomic E-state index is 12.8. The Morgan fingerprint density at radius 2 is 2.15 bits per heavy atom. The van der Waals surface area contributed by atoms with Crippen molar-refractivity contribution in [2.45, 2.75) is 32.7 Å². The molecule has 20 heavy (non-hydrogen) atoms. The number of aliphatic carboxylic acids is 1. The highest BCUT2D eigenvalue weighted by atomic mass is 16.5. The van der Waals surface area contributed by atoms with Gasteiger partial charge >= 0.3 is 5.97 Å². The first-order valence-electron chi connectivity index (χ1n) is 7.27. The van der Waals surface area contributed by atoms with Crippen LogP contribution in [-0.2, 0) is 14.3 Å². The second kappa shape index (κ2) is 6.10. The Hall–Kier alpha value is -1.14. The van der Waals surface area contributed by atoms with Crippen molar-refractivity contribution in [2.24, 2.45) is 11.3 Å². The summed E-state index contributed by atoms with van der Waals surface area (Å²) in [6, 6.07) is -0.855. The van der Waals surface area contributed by atoms with E-state index in [1.807, 2.05) is 13.8 Å². The molecule has 0 aromatic rings. The van der Waals surface area contributed by atoms with Crippen LogP contribution in [-0.4, -0.2) is 60.8 Å². The average molecular weight is 284 g/mol. The molecule has 0 aromatic heterocycles. The van der Waals surface area contributed by atoms with E-state index in [1.54, 1.807) is 0 Å². The summed E-state index contributed by atoms with van der Waals surface area (Å²) < 4.78 is 5.19. The predicted molar refractivity (Wildman–Crippen MR) is 73.3 cm³/mol. The Labute approximate surface area is 119 Å². The highest BCUT2D eigenvalue weighted by molar-refractivity contribution is 5.87. The monoisotopic (exact) mass is 284 g/mol. The molecule has 2 heterocycles. The van der Waals surface area contributed by atoms with Gasteiger partial charge in [-0.2, -0.15) is 0 Å². The third-order valence-corrected chi connectivity index (χ3v) is 4.54. The molecule has 0 spiro atoms. The zero-order valence-corrected chi connectivity index (χ0v) is 12.2. The van der Waals surface area contributed by atoms with Gasteiger partial charge in [0, 0.05) is 12.0 Å². The van der Waals surface area contributed by atoms with Crippen LogP contribution in [0, 0.1) is 11.3 Å². The number of carbonyl (C=O) groups is 2. The molecule has 2 rings (SSSR count). The molecule has 0 radical (unpaired) electrons. The van der Waals surface area contributed by atoms with Crippen molar-refractivity contribution in [2.75, 3.05) is 32.8 Å². The van der Waals surface area contributed by atoms with E-state index in [9.17, 15) is 14.7 Å². The fraction of sp³-hybridized carbons (Fsp3) is 0.857. The minimum atomic E-state index is -0.990. The van der Waals surface area contributed by atoms with Crippen LogP contribution in [0.5, 0.6) is 0 Å². The van der Waals surface area contributed by atoms with E-state index >= 15 is 0 Å². The zero-order valence-electron chi connectivity index (χ0n) is 12.2. The van der Waals surface area contributed by atoms with E-state index in [4.69, 9.17) is 4.74 Å². The molecule has 2 aliphatic heterocycles. The van der Waals surface area contributed by atoms with E-state index in [1.165, 1.54) is 4.90 Å². The van der Waals surface area contributed by atoms with E-state index in [-0.39, 0.29) is 18.4 Å². The number of carboxylic acids is 1. The summed E-state index contributed by atoms with van der Waals surface area (Å²) in [5, 5.41) is 12.6. The molecule has 6 nitrogen and oxygen atoms in total. The molecule has 2 N–H and O–H groups in total. The normalized spacial score (nSPS) is 28.2. The number of hydrogen-bond donors (Lipinski definition) is 2. The molecule has 2 fully saturated rings. The number of piperidine rings is 1. The van der Waals surface area contributed by atoms with Gasteiger partial charge in [-0.15, -0.1) is 0 Å². The third kappa shape index (κ3) is 2.96. The fourth-order valence-electron chi connectivity index (χ4n) is 3.06. The van der Waals surface area contributed by atoms with Crippen LogP contribution in [0.25, 0.3) is 0 Å². The SMILES string of the molecule is CC(C)(C(=O)N1CCOCC1C(=O)O)C1CCCNC1. The number of hydrogen-bond acceptors (Lipinski definition) is 4. The van der Waals surface area contributed by atoms with Gasteiger partial charge in [-0.05, 0) is 31.8 Å². The molecule has 0 aromatic carbocycles. The lowest BCUT2D eigenvalue weighted by atomic mass is 9.73. The van der Waals surface area contributed by atoms with Gasteiger partial charge in [0.05, 0.1) is 13.2 Å². The Balaban J connectivity index is 2.12. The summed E-state index contributed by atoms with van der Waals surface area (Å²) in [7, 11) is 0. The van der Waals surface area contributed by atoms with Crippen molar-refractivity contribution >= 4 is 11.9 Å². The number of morpholine rings is 1. The summed E-state index contributed by atoms with van der Waals surface area (Å²) in [6.45, 7) is 6.54. The molecule has 2 aliphatic rings. The Kier molecular flexibility index (Phi) is 4.65. The number of nitrogens with one attached hydrogen (secondary N) is 1. The highest BCUT2D eigenvalue weighted by Gasteiger charge is 2.44. The first kappa shape index (κ1) is 15.3. The molecular weight excluding hydrogens is 260 g/mol. The molecule has 2 atom stereocenters. The number of rotatable bonds is 3. The molecule has 2 saturated heterocycles. The van der Waals surface area contributed by atoms with Crippen molar-refractivity contribution in [3.63, 3.8) is 0 Å². The lowest BCUT2D eigenvalue weighted by Crippen LogP contribution is -2.58. The summed E-state index contributed by atoms with van der Waals surface area (Å²) in [6.07, 6.45) is 2.07. The average Bonchev–Trinajstić information content (AvgIpc) is 2.47. The zero-order chi connectivity index (χ0) is 14.8. The maximum Gasteiger partial charge on any atom is 0.328 e. The lowest BCUT2D eigenvalue weighted by molar-refractivity contribution is -0.164. The van der Waals surface area contributed by atoms with Gasteiger partial charge in [0.2, 0.25) is 5.91 Å². The van der Waals surface area contributed by atoms with Crippen LogP contribution >= 0.6 is 0 Å². The van der Waals surface area contributed by atoms with Crippen molar-refractivity contribution in [1.29, 1.82) is 0 Å². The van der Waals surface area contributed by atoms with Gasteiger partial charge in [0.1, 0.15) is 0 Å². The van der Waals surface area contributed by atoms with Gasteiger partial charge in [0.25, 0.3) is 0 Å². The second-order valence-electron chi connectivity index (χ2n) is 6.19. The van der Waals surface area contributed by atoms with Gasteiger partial charge in [-0.1, -0.05) is 13.8 Å². The number of ether oxygens (including phenoxy) is 1. The number of amides is 1. The standard InChI is InChI=1S/C14H24N2O4/c1-14(2,10-4-3-5-15-8-10)13(19)16-6-7-20-9-11(16)12(17)18/h10-11,15H,3-9H2,1-2H3,(H,17,18). The van der Waals surface area contributed by atoms with Crippen LogP contribution < -0.4 is 5.32 Å². The summed E-state index contributed by atoms with van der Waals surface area (Å²) >= 11 is 0. The number of carbonyl (C=O) groups excluding carboxylic acids is 1. The van der Waals surface area contributed by atoms with Gasteiger partial charge in [0.15, 0.2) is 6.04 Å². The van der Waals surface area contributed by atoms with Crippen LogP contribution in [0.15, 0.2) is 0 Å². The fourth-order valence-corrected chi connectivity index (χ4v) is 3.06. The minimum absolute atomic E-state index is 0.0677. The molecule has 0 saturated carbocycles. The van der Waals surface area contributed by atoms with Crippen molar-refractivity contribution in [3.8, 4) is 0 Å². The van der Waals surface area contributed by atoms with E-state index in [0.29, 0.717) is 13.2 Å². The van der Waals surface area contributed by atoms with Gasteiger partial charge in [-0.25, -0.2) is 4.79 Å². The van der Waals surface area contributed by atoms with Gasteiger partial charge < -0.3 is 20.1 Å². The Morgan fingerprint density at radius 1 is 1.40 bits per heavy atom.